The molecule has 0 aliphatic carbocycles. The smallest absolute Gasteiger partial charge is 0.331 e. The van der Waals surface area contributed by atoms with Crippen molar-refractivity contribution in [3.8, 4) is 0 Å². The zero-order valence-electron chi connectivity index (χ0n) is 11.4. The van der Waals surface area contributed by atoms with Crippen molar-refractivity contribution in [1.29, 1.82) is 0 Å². The van der Waals surface area contributed by atoms with Crippen LogP contribution in [0, 0.1) is 15.9 Å². The van der Waals surface area contributed by atoms with Crippen LogP contribution in [0.3, 0.4) is 0 Å². The van der Waals surface area contributed by atoms with Gasteiger partial charge in [-0.15, -0.1) is 0 Å². The van der Waals surface area contributed by atoms with Crippen molar-refractivity contribution >= 4 is 17.7 Å². The molecule has 0 radical (unpaired) electrons. The Hall–Kier alpha value is -3.02. The molecule has 0 unspecified atom stereocenters. The van der Waals surface area contributed by atoms with E-state index in [1.807, 2.05) is 0 Å². The SMILES string of the molecule is O=C(/C=C/c1ccccc1[N+](=O)[O-])OCc1ccccc1F. The van der Waals surface area contributed by atoms with Crippen molar-refractivity contribution in [2.24, 2.45) is 0 Å². The van der Waals surface area contributed by atoms with Gasteiger partial charge in [-0.25, -0.2) is 9.18 Å². The maximum absolute atomic E-state index is 13.3. The molecule has 2 aromatic carbocycles. The lowest BCUT2D eigenvalue weighted by molar-refractivity contribution is -0.385. The van der Waals surface area contributed by atoms with Crippen molar-refractivity contribution in [3.63, 3.8) is 0 Å². The quantitative estimate of drug-likeness (QED) is 0.367. The van der Waals surface area contributed by atoms with E-state index >= 15 is 0 Å². The molecule has 22 heavy (non-hydrogen) atoms. The number of carbonyl (C=O) groups excluding carboxylic acids is 1. The number of rotatable bonds is 5. The van der Waals surface area contributed by atoms with E-state index in [1.165, 1.54) is 42.5 Å². The molecule has 0 aliphatic rings. The second kappa shape index (κ2) is 7.12. The molecule has 0 heterocycles. The molecular weight excluding hydrogens is 289 g/mol. The van der Waals surface area contributed by atoms with E-state index in [1.54, 1.807) is 12.1 Å². The number of hydrogen-bond donors (Lipinski definition) is 0. The summed E-state index contributed by atoms with van der Waals surface area (Å²) in [7, 11) is 0. The summed E-state index contributed by atoms with van der Waals surface area (Å²) in [6, 6.07) is 12.0. The summed E-state index contributed by atoms with van der Waals surface area (Å²) >= 11 is 0. The lowest BCUT2D eigenvalue weighted by atomic mass is 10.1. The van der Waals surface area contributed by atoms with Gasteiger partial charge in [0.05, 0.1) is 10.5 Å². The van der Waals surface area contributed by atoms with E-state index in [0.717, 1.165) is 6.08 Å². The van der Waals surface area contributed by atoms with Crippen LogP contribution in [0.1, 0.15) is 11.1 Å². The first-order valence-corrected chi connectivity index (χ1v) is 6.39. The van der Waals surface area contributed by atoms with Gasteiger partial charge in [-0.3, -0.25) is 10.1 Å². The molecule has 5 nitrogen and oxygen atoms in total. The first kappa shape index (κ1) is 15.4. The molecule has 0 amide bonds. The maximum Gasteiger partial charge on any atom is 0.331 e. The number of ether oxygens (including phenoxy) is 1. The fourth-order valence-electron chi connectivity index (χ4n) is 1.76. The Morgan fingerprint density at radius 3 is 2.59 bits per heavy atom. The second-order valence-corrected chi connectivity index (χ2v) is 4.35. The van der Waals surface area contributed by atoms with Crippen molar-refractivity contribution in [1.82, 2.24) is 0 Å². The highest BCUT2D eigenvalue weighted by Gasteiger charge is 2.10. The van der Waals surface area contributed by atoms with E-state index in [4.69, 9.17) is 4.74 Å². The Bertz CT molecular complexity index is 728. The van der Waals surface area contributed by atoms with Crippen molar-refractivity contribution < 1.29 is 18.8 Å². The van der Waals surface area contributed by atoms with Gasteiger partial charge in [-0.05, 0) is 18.2 Å². The third-order valence-corrected chi connectivity index (χ3v) is 2.86. The number of halogens is 1. The normalized spacial score (nSPS) is 10.6. The molecule has 0 saturated heterocycles. The Morgan fingerprint density at radius 2 is 1.86 bits per heavy atom. The van der Waals surface area contributed by atoms with Gasteiger partial charge in [-0.1, -0.05) is 30.3 Å². The average Bonchev–Trinajstić information content (AvgIpc) is 2.52. The minimum atomic E-state index is -0.707. The fraction of sp³-hybridized carbons (Fsp3) is 0.0625. The number of carbonyl (C=O) groups is 1. The molecule has 112 valence electrons. The molecule has 0 fully saturated rings. The average molecular weight is 301 g/mol. The highest BCUT2D eigenvalue weighted by molar-refractivity contribution is 5.87. The topological polar surface area (TPSA) is 69.4 Å². The number of nitrogens with zero attached hydrogens (tertiary/aromatic N) is 1. The van der Waals surface area contributed by atoms with Crippen molar-refractivity contribution in [3.05, 3.63) is 81.7 Å². The molecule has 6 heteroatoms. The Labute approximate surface area is 125 Å². The van der Waals surface area contributed by atoms with Gasteiger partial charge in [0.15, 0.2) is 0 Å². The molecule has 0 spiro atoms. The van der Waals surface area contributed by atoms with Crippen LogP contribution in [0.4, 0.5) is 10.1 Å². The summed E-state index contributed by atoms with van der Waals surface area (Å²) in [5.74, 6) is -1.17. The molecule has 0 aromatic heterocycles. The molecule has 0 atom stereocenters. The van der Waals surface area contributed by atoms with Crippen LogP contribution in [0.15, 0.2) is 54.6 Å². The van der Waals surface area contributed by atoms with Crippen molar-refractivity contribution in [2.75, 3.05) is 0 Å². The van der Waals surface area contributed by atoms with Gasteiger partial charge in [-0.2, -0.15) is 0 Å². The predicted octanol–water partition coefficient (Wildman–Crippen LogP) is 3.49. The summed E-state index contributed by atoms with van der Waals surface area (Å²) in [4.78, 5) is 21.9. The number of para-hydroxylation sites is 1. The molecule has 2 rings (SSSR count). The summed E-state index contributed by atoms with van der Waals surface area (Å²) < 4.78 is 18.2. The van der Waals surface area contributed by atoms with E-state index < -0.39 is 16.7 Å². The van der Waals surface area contributed by atoms with Crippen LogP contribution >= 0.6 is 0 Å². The largest absolute Gasteiger partial charge is 0.458 e. The number of benzene rings is 2. The van der Waals surface area contributed by atoms with E-state index in [9.17, 15) is 19.3 Å². The van der Waals surface area contributed by atoms with E-state index in [2.05, 4.69) is 0 Å². The molecule has 0 N–H and O–H groups in total. The number of nitro groups is 1. The fourth-order valence-corrected chi connectivity index (χ4v) is 1.76. The van der Waals surface area contributed by atoms with E-state index in [0.29, 0.717) is 0 Å². The van der Waals surface area contributed by atoms with Crippen LogP contribution in [0.25, 0.3) is 6.08 Å². The second-order valence-electron chi connectivity index (χ2n) is 4.35. The summed E-state index contributed by atoms with van der Waals surface area (Å²) in [5.41, 5.74) is 0.436. The minimum absolute atomic E-state index is 0.111. The predicted molar refractivity (Wildman–Crippen MR) is 78.3 cm³/mol. The number of esters is 1. The number of nitro benzene ring substituents is 1. The summed E-state index contributed by atoms with van der Waals surface area (Å²) in [5, 5.41) is 10.8. The van der Waals surface area contributed by atoms with Crippen LogP contribution in [0.5, 0.6) is 0 Å². The zero-order valence-corrected chi connectivity index (χ0v) is 11.4. The molecule has 2 aromatic rings. The van der Waals surface area contributed by atoms with Gasteiger partial charge in [0.1, 0.15) is 12.4 Å². The lowest BCUT2D eigenvalue weighted by Crippen LogP contribution is -2.02. The minimum Gasteiger partial charge on any atom is -0.458 e. The maximum atomic E-state index is 13.3. The third-order valence-electron chi connectivity index (χ3n) is 2.86. The lowest BCUT2D eigenvalue weighted by Gasteiger charge is -2.03. The zero-order chi connectivity index (χ0) is 15.9. The molecule has 0 saturated carbocycles. The van der Waals surface area contributed by atoms with Gasteiger partial charge >= 0.3 is 5.97 Å². The standard InChI is InChI=1S/C16H12FNO4/c17-14-7-3-1-6-13(14)11-22-16(19)10-9-12-5-2-4-8-15(12)18(20)21/h1-10H,11H2/b10-9+. The monoisotopic (exact) mass is 301 g/mol. The molecule has 0 aliphatic heterocycles. The third kappa shape index (κ3) is 3.99. The summed E-state index contributed by atoms with van der Waals surface area (Å²) in [6.45, 7) is -0.202. The number of hydrogen-bond acceptors (Lipinski definition) is 4. The van der Waals surface area contributed by atoms with Crippen LogP contribution < -0.4 is 0 Å². The van der Waals surface area contributed by atoms with Crippen molar-refractivity contribution in [2.45, 2.75) is 6.61 Å². The Kier molecular flexibility index (Phi) is 4.98. The van der Waals surface area contributed by atoms with Crippen LogP contribution in [0.2, 0.25) is 0 Å². The molecule has 0 bridgehead atoms. The van der Waals surface area contributed by atoms with Gasteiger partial charge in [0, 0.05) is 17.7 Å². The Morgan fingerprint density at radius 1 is 1.18 bits per heavy atom. The Balaban J connectivity index is 2.01. The van der Waals surface area contributed by atoms with Gasteiger partial charge in [0.2, 0.25) is 0 Å². The highest BCUT2D eigenvalue weighted by Crippen LogP contribution is 2.19. The van der Waals surface area contributed by atoms with E-state index in [-0.39, 0.29) is 23.4 Å². The van der Waals surface area contributed by atoms with Crippen LogP contribution in [-0.2, 0) is 16.1 Å². The summed E-state index contributed by atoms with van der Waals surface area (Å²) in [6.07, 6.45) is 2.37. The van der Waals surface area contributed by atoms with Crippen LogP contribution in [-0.4, -0.2) is 10.9 Å². The van der Waals surface area contributed by atoms with Gasteiger partial charge < -0.3 is 4.74 Å². The first-order chi connectivity index (χ1) is 10.6. The molecular formula is C16H12FNO4. The first-order valence-electron chi connectivity index (χ1n) is 6.39. The highest BCUT2D eigenvalue weighted by atomic mass is 19.1. The van der Waals surface area contributed by atoms with Gasteiger partial charge in [0.25, 0.3) is 5.69 Å².